The zero-order chi connectivity index (χ0) is 23.3. The van der Waals surface area contributed by atoms with Crippen LogP contribution in [0, 0.1) is 23.6 Å². The quantitative estimate of drug-likeness (QED) is 0.477. The SMILES string of the molecule is NS(=O)(=O)c1ccc(Cc2cc3c(cc2F)C(C#CC2CC2)(C(F)(F)F)NC(=O)N3)cc1. The van der Waals surface area contributed by atoms with Crippen LogP contribution in [0.2, 0.25) is 0 Å². The number of halogens is 4. The van der Waals surface area contributed by atoms with Crippen molar-refractivity contribution in [2.45, 2.75) is 35.9 Å². The number of amides is 2. The summed E-state index contributed by atoms with van der Waals surface area (Å²) in [6, 6.07) is 6.08. The van der Waals surface area contributed by atoms with Crippen LogP contribution in [0.5, 0.6) is 0 Å². The number of sulfonamides is 1. The molecule has 2 aromatic carbocycles. The molecule has 1 aliphatic heterocycles. The van der Waals surface area contributed by atoms with Crippen molar-refractivity contribution < 1.29 is 30.8 Å². The Kier molecular flexibility index (Phi) is 5.18. The Morgan fingerprint density at radius 3 is 2.38 bits per heavy atom. The Bertz CT molecular complexity index is 1260. The molecule has 2 aliphatic rings. The second kappa shape index (κ2) is 7.50. The lowest BCUT2D eigenvalue weighted by Crippen LogP contribution is -2.59. The number of carbonyl (C=O) groups is 1. The van der Waals surface area contributed by atoms with Crippen molar-refractivity contribution in [1.82, 2.24) is 5.32 Å². The smallest absolute Gasteiger partial charge is 0.310 e. The lowest BCUT2D eigenvalue weighted by molar-refractivity contribution is -0.178. The molecule has 168 valence electrons. The van der Waals surface area contributed by atoms with Crippen molar-refractivity contribution in [2.24, 2.45) is 11.1 Å². The summed E-state index contributed by atoms with van der Waals surface area (Å²) < 4.78 is 79.9. The molecule has 0 saturated heterocycles. The number of urea groups is 1. The molecule has 0 spiro atoms. The van der Waals surface area contributed by atoms with Crippen LogP contribution >= 0.6 is 0 Å². The maximum absolute atomic E-state index is 14.9. The largest absolute Gasteiger partial charge is 0.427 e. The van der Waals surface area contributed by atoms with Gasteiger partial charge in [0.25, 0.3) is 0 Å². The van der Waals surface area contributed by atoms with Crippen LogP contribution in [0.15, 0.2) is 41.3 Å². The monoisotopic (exact) mass is 467 g/mol. The lowest BCUT2D eigenvalue weighted by Gasteiger charge is -2.37. The summed E-state index contributed by atoms with van der Waals surface area (Å²) in [5.41, 5.74) is -3.24. The van der Waals surface area contributed by atoms with Crippen molar-refractivity contribution in [3.05, 3.63) is 58.9 Å². The minimum absolute atomic E-state index is 0.0144. The highest BCUT2D eigenvalue weighted by Gasteiger charge is 2.59. The van der Waals surface area contributed by atoms with Crippen molar-refractivity contribution >= 4 is 21.7 Å². The topological polar surface area (TPSA) is 101 Å². The van der Waals surface area contributed by atoms with Crippen molar-refractivity contribution in [1.29, 1.82) is 0 Å². The molecule has 1 aliphatic carbocycles. The Hall–Kier alpha value is -3.10. The normalized spacial score (nSPS) is 20.5. The van der Waals surface area contributed by atoms with Gasteiger partial charge >= 0.3 is 12.2 Å². The van der Waals surface area contributed by atoms with E-state index >= 15 is 0 Å². The molecule has 2 amide bonds. The Labute approximate surface area is 181 Å². The average Bonchev–Trinajstić information content (AvgIpc) is 3.50. The number of rotatable bonds is 3. The molecule has 0 bridgehead atoms. The zero-order valence-electron chi connectivity index (χ0n) is 16.4. The van der Waals surface area contributed by atoms with E-state index in [9.17, 15) is 30.8 Å². The average molecular weight is 467 g/mol. The maximum atomic E-state index is 14.9. The Morgan fingerprint density at radius 1 is 1.16 bits per heavy atom. The third-order valence-corrected chi connectivity index (χ3v) is 6.18. The summed E-state index contributed by atoms with van der Waals surface area (Å²) in [6.45, 7) is 0. The predicted octanol–water partition coefficient (Wildman–Crippen LogP) is 3.37. The molecule has 6 nitrogen and oxygen atoms in total. The second-order valence-corrected chi connectivity index (χ2v) is 9.29. The summed E-state index contributed by atoms with van der Waals surface area (Å²) in [7, 11) is -3.90. The van der Waals surface area contributed by atoms with E-state index in [1.807, 2.05) is 5.32 Å². The highest BCUT2D eigenvalue weighted by Crippen LogP contribution is 2.45. The summed E-state index contributed by atoms with van der Waals surface area (Å²) >= 11 is 0. The van der Waals surface area contributed by atoms with Crippen LogP contribution in [0.1, 0.15) is 29.5 Å². The molecule has 1 unspecified atom stereocenters. The Balaban J connectivity index is 1.75. The van der Waals surface area contributed by atoms with E-state index in [2.05, 4.69) is 17.2 Å². The number of primary sulfonamides is 1. The molecular formula is C21H17F4N3O3S. The van der Waals surface area contributed by atoms with Crippen molar-refractivity contribution in [3.8, 4) is 11.8 Å². The fraction of sp³-hybridized carbons (Fsp3) is 0.286. The molecule has 1 saturated carbocycles. The van der Waals surface area contributed by atoms with Gasteiger partial charge in [-0.1, -0.05) is 24.0 Å². The van der Waals surface area contributed by atoms with Gasteiger partial charge < -0.3 is 10.6 Å². The van der Waals surface area contributed by atoms with E-state index in [1.165, 1.54) is 24.3 Å². The van der Waals surface area contributed by atoms with Gasteiger partial charge in [0.05, 0.1) is 4.90 Å². The number of anilines is 1. The fourth-order valence-corrected chi connectivity index (χ4v) is 3.92. The van der Waals surface area contributed by atoms with E-state index in [1.54, 1.807) is 0 Å². The third kappa shape index (κ3) is 4.16. The summed E-state index contributed by atoms with van der Waals surface area (Å²) in [5.74, 6) is 3.60. The molecule has 4 N–H and O–H groups in total. The highest BCUT2D eigenvalue weighted by atomic mass is 32.2. The first-order valence-electron chi connectivity index (χ1n) is 9.52. The summed E-state index contributed by atoms with van der Waals surface area (Å²) in [6.07, 6.45) is -3.69. The van der Waals surface area contributed by atoms with Gasteiger partial charge in [0.2, 0.25) is 15.6 Å². The van der Waals surface area contributed by atoms with Gasteiger partial charge in [0.1, 0.15) is 5.82 Å². The van der Waals surface area contributed by atoms with Crippen LogP contribution in [0.4, 0.5) is 28.0 Å². The van der Waals surface area contributed by atoms with Gasteiger partial charge in [0.15, 0.2) is 0 Å². The molecule has 1 atom stereocenters. The van der Waals surface area contributed by atoms with Crippen LogP contribution in [-0.2, 0) is 22.0 Å². The molecule has 1 fully saturated rings. The minimum atomic E-state index is -4.99. The number of alkyl halides is 3. The van der Waals surface area contributed by atoms with E-state index < -0.39 is 39.2 Å². The predicted molar refractivity (Wildman–Crippen MR) is 107 cm³/mol. The summed E-state index contributed by atoms with van der Waals surface area (Å²) in [4.78, 5) is 12.0. The number of benzene rings is 2. The van der Waals surface area contributed by atoms with E-state index in [4.69, 9.17) is 5.14 Å². The number of nitrogens with two attached hydrogens (primary N) is 1. The molecular weight excluding hydrogens is 450 g/mol. The number of nitrogens with one attached hydrogen (secondary N) is 2. The lowest BCUT2D eigenvalue weighted by atomic mass is 9.85. The number of hydrogen-bond donors (Lipinski definition) is 3. The first-order valence-corrected chi connectivity index (χ1v) is 11.1. The first kappa shape index (κ1) is 22.1. The van der Waals surface area contributed by atoms with Gasteiger partial charge in [0, 0.05) is 23.6 Å². The fourth-order valence-electron chi connectivity index (χ4n) is 3.41. The molecule has 2 aromatic rings. The van der Waals surface area contributed by atoms with Gasteiger partial charge in [-0.25, -0.2) is 22.7 Å². The molecule has 0 radical (unpaired) electrons. The van der Waals surface area contributed by atoms with E-state index in [-0.39, 0.29) is 28.5 Å². The third-order valence-electron chi connectivity index (χ3n) is 5.25. The van der Waals surface area contributed by atoms with Crippen molar-refractivity contribution in [2.75, 3.05) is 5.32 Å². The molecule has 4 rings (SSSR count). The van der Waals surface area contributed by atoms with Gasteiger partial charge in [-0.05, 0) is 48.2 Å². The van der Waals surface area contributed by atoms with Crippen molar-refractivity contribution in [3.63, 3.8) is 0 Å². The van der Waals surface area contributed by atoms with Gasteiger partial charge in [-0.3, -0.25) is 0 Å². The summed E-state index contributed by atoms with van der Waals surface area (Å²) in [5, 5.41) is 9.18. The molecule has 1 heterocycles. The van der Waals surface area contributed by atoms with Gasteiger partial charge in [-0.15, -0.1) is 0 Å². The zero-order valence-corrected chi connectivity index (χ0v) is 17.2. The van der Waals surface area contributed by atoms with Gasteiger partial charge in [-0.2, -0.15) is 13.2 Å². The number of fused-ring (bicyclic) bond motifs is 1. The van der Waals surface area contributed by atoms with E-state index in [0.29, 0.717) is 18.4 Å². The molecule has 11 heteroatoms. The Morgan fingerprint density at radius 2 is 1.81 bits per heavy atom. The minimum Gasteiger partial charge on any atom is -0.310 e. The van der Waals surface area contributed by atoms with E-state index in [0.717, 1.165) is 12.1 Å². The number of hydrogen-bond acceptors (Lipinski definition) is 3. The number of carbonyl (C=O) groups excluding carboxylic acids is 1. The maximum Gasteiger partial charge on any atom is 0.427 e. The standard InChI is InChI=1S/C21H17F4N3O3S/c22-17-11-16-18(10-14(17)9-13-3-5-15(6-4-13)32(26,30)31)27-19(29)28-20(16,21(23,24)25)8-7-12-1-2-12/h3-6,10-12H,1-2,9H2,(H2,26,30,31)(H2,27,28,29). The highest BCUT2D eigenvalue weighted by molar-refractivity contribution is 7.89. The van der Waals surface area contributed by atoms with Crippen LogP contribution in [0.3, 0.4) is 0 Å². The van der Waals surface area contributed by atoms with Crippen LogP contribution < -0.4 is 15.8 Å². The first-order chi connectivity index (χ1) is 14.9. The molecule has 0 aromatic heterocycles. The van der Waals surface area contributed by atoms with Crippen LogP contribution in [-0.4, -0.2) is 20.6 Å². The molecule has 32 heavy (non-hydrogen) atoms. The second-order valence-electron chi connectivity index (χ2n) is 7.73. The van der Waals surface area contributed by atoms with Crippen LogP contribution in [0.25, 0.3) is 0 Å².